The molecule has 1 aliphatic rings. The van der Waals surface area contributed by atoms with Crippen molar-refractivity contribution in [1.82, 2.24) is 5.32 Å². The third kappa shape index (κ3) is 3.91. The van der Waals surface area contributed by atoms with Crippen LogP contribution >= 0.6 is 11.8 Å². The van der Waals surface area contributed by atoms with E-state index in [2.05, 4.69) is 5.32 Å². The Morgan fingerprint density at radius 1 is 1.48 bits per heavy atom. The number of carbonyl (C=O) groups is 2. The lowest BCUT2D eigenvalue weighted by Gasteiger charge is -2.24. The minimum atomic E-state index is -1.09. The molecule has 5 nitrogen and oxygen atoms in total. The van der Waals surface area contributed by atoms with Crippen LogP contribution in [0.25, 0.3) is 0 Å². The fourth-order valence-electron chi connectivity index (χ4n) is 2.30. The van der Waals surface area contributed by atoms with E-state index < -0.39 is 11.5 Å². The van der Waals surface area contributed by atoms with Crippen molar-refractivity contribution in [2.24, 2.45) is 0 Å². The highest BCUT2D eigenvalue weighted by Gasteiger charge is 2.43. The number of methoxy groups -OCH3 is 1. The predicted molar refractivity (Wildman–Crippen MR) is 81.8 cm³/mol. The van der Waals surface area contributed by atoms with Crippen molar-refractivity contribution >= 4 is 23.6 Å². The Kier molecular flexibility index (Phi) is 5.12. The smallest absolute Gasteiger partial charge is 0.330 e. The van der Waals surface area contributed by atoms with Gasteiger partial charge < -0.3 is 15.2 Å². The first-order chi connectivity index (χ1) is 10.1. The number of carboxylic acid groups (broad SMARTS) is 1. The number of hydrogen-bond acceptors (Lipinski definition) is 4. The molecule has 1 heterocycles. The normalized spacial score (nSPS) is 21.0. The number of thioether (sulfide) groups is 1. The summed E-state index contributed by atoms with van der Waals surface area (Å²) in [5, 5.41) is 12.0. The third-order valence-corrected chi connectivity index (χ3v) is 4.77. The maximum absolute atomic E-state index is 12.0. The number of aliphatic carboxylic acids is 1. The fraction of sp³-hybridized carbons (Fsp3) is 0.467. The van der Waals surface area contributed by atoms with E-state index in [0.29, 0.717) is 18.6 Å². The van der Waals surface area contributed by atoms with E-state index in [-0.39, 0.29) is 12.3 Å². The average molecular weight is 309 g/mol. The highest BCUT2D eigenvalue weighted by atomic mass is 32.2. The minimum Gasteiger partial charge on any atom is -0.497 e. The molecule has 1 fully saturated rings. The number of carboxylic acids is 1. The lowest BCUT2D eigenvalue weighted by molar-refractivity contribution is -0.146. The number of carbonyl (C=O) groups excluding carboxylic acids is 1. The highest BCUT2D eigenvalue weighted by Crippen LogP contribution is 2.28. The van der Waals surface area contributed by atoms with Crippen LogP contribution in [-0.2, 0) is 16.0 Å². The maximum Gasteiger partial charge on any atom is 0.330 e. The lowest BCUT2D eigenvalue weighted by atomic mass is 9.98. The van der Waals surface area contributed by atoms with Gasteiger partial charge in [-0.3, -0.25) is 4.79 Å². The molecule has 2 rings (SSSR count). The fourth-order valence-corrected chi connectivity index (χ4v) is 3.63. The second kappa shape index (κ2) is 6.85. The van der Waals surface area contributed by atoms with E-state index in [0.717, 1.165) is 17.1 Å². The van der Waals surface area contributed by atoms with Gasteiger partial charge in [-0.25, -0.2) is 4.79 Å². The number of ether oxygens (including phenoxy) is 1. The van der Waals surface area contributed by atoms with Gasteiger partial charge in [-0.15, -0.1) is 0 Å². The van der Waals surface area contributed by atoms with Gasteiger partial charge in [0.1, 0.15) is 11.3 Å². The van der Waals surface area contributed by atoms with Crippen molar-refractivity contribution in [2.75, 3.05) is 18.6 Å². The van der Waals surface area contributed by atoms with E-state index in [4.69, 9.17) is 4.74 Å². The van der Waals surface area contributed by atoms with Crippen molar-refractivity contribution in [2.45, 2.75) is 24.8 Å². The van der Waals surface area contributed by atoms with Gasteiger partial charge >= 0.3 is 5.97 Å². The quantitative estimate of drug-likeness (QED) is 0.836. The van der Waals surface area contributed by atoms with E-state index in [1.807, 2.05) is 24.3 Å². The maximum atomic E-state index is 12.0. The molecule has 0 unspecified atom stereocenters. The summed E-state index contributed by atoms with van der Waals surface area (Å²) >= 11 is 1.56. The van der Waals surface area contributed by atoms with Gasteiger partial charge in [0, 0.05) is 12.2 Å². The minimum absolute atomic E-state index is 0.220. The molecule has 0 saturated carbocycles. The summed E-state index contributed by atoms with van der Waals surface area (Å²) in [6.45, 7) is 0. The first-order valence-electron chi connectivity index (χ1n) is 6.81. The molecule has 114 valence electrons. The number of rotatable bonds is 6. The third-order valence-electron chi connectivity index (χ3n) is 3.58. The van der Waals surface area contributed by atoms with Crippen molar-refractivity contribution in [3.05, 3.63) is 29.8 Å². The van der Waals surface area contributed by atoms with Gasteiger partial charge in [0.2, 0.25) is 5.91 Å². The summed E-state index contributed by atoms with van der Waals surface area (Å²) in [6, 6.07) is 7.52. The Bertz CT molecular complexity index is 526. The highest BCUT2D eigenvalue weighted by molar-refractivity contribution is 7.99. The van der Waals surface area contributed by atoms with Crippen LogP contribution in [0.4, 0.5) is 0 Å². The molecule has 1 aliphatic heterocycles. The lowest BCUT2D eigenvalue weighted by Crippen LogP contribution is -2.54. The van der Waals surface area contributed by atoms with Crippen LogP contribution in [0.1, 0.15) is 18.4 Å². The van der Waals surface area contributed by atoms with Gasteiger partial charge in [0.15, 0.2) is 0 Å². The molecule has 0 radical (unpaired) electrons. The van der Waals surface area contributed by atoms with E-state index in [1.54, 1.807) is 18.9 Å². The number of hydrogen-bond donors (Lipinski definition) is 2. The molecule has 21 heavy (non-hydrogen) atoms. The van der Waals surface area contributed by atoms with Gasteiger partial charge in [0.25, 0.3) is 0 Å². The molecule has 0 spiro atoms. The first kappa shape index (κ1) is 15.7. The Morgan fingerprint density at radius 2 is 2.29 bits per heavy atom. The summed E-state index contributed by atoms with van der Waals surface area (Å²) in [7, 11) is 1.60. The number of benzene rings is 1. The monoisotopic (exact) mass is 309 g/mol. The van der Waals surface area contributed by atoms with Crippen LogP contribution in [0, 0.1) is 0 Å². The van der Waals surface area contributed by atoms with E-state index in [9.17, 15) is 14.7 Å². The second-order valence-electron chi connectivity index (χ2n) is 5.09. The SMILES string of the molecule is COc1cccc(CCC(=O)N[C@@]2(C(=O)O)CCSC2)c1. The topological polar surface area (TPSA) is 75.6 Å². The standard InChI is InChI=1S/C15H19NO4S/c1-20-12-4-2-3-11(9-12)5-6-13(17)16-15(14(18)19)7-8-21-10-15/h2-4,9H,5-8,10H2,1H3,(H,16,17)(H,18,19)/t15-/m0/s1. The van der Waals surface area contributed by atoms with Crippen LogP contribution in [0.3, 0.4) is 0 Å². The summed E-state index contributed by atoms with van der Waals surface area (Å²) in [4.78, 5) is 23.4. The largest absolute Gasteiger partial charge is 0.497 e. The Balaban J connectivity index is 1.91. The van der Waals surface area contributed by atoms with E-state index >= 15 is 0 Å². The van der Waals surface area contributed by atoms with Gasteiger partial charge in [0.05, 0.1) is 7.11 Å². The number of nitrogens with one attached hydrogen (secondary N) is 1. The molecule has 6 heteroatoms. The predicted octanol–water partition coefficient (Wildman–Crippen LogP) is 1.70. The molecule has 1 atom stereocenters. The molecule has 1 saturated heterocycles. The molecule has 0 bridgehead atoms. The second-order valence-corrected chi connectivity index (χ2v) is 6.19. The summed E-state index contributed by atoms with van der Waals surface area (Å²) in [6.07, 6.45) is 1.32. The molecular formula is C15H19NO4S. The number of aryl methyl sites for hydroxylation is 1. The van der Waals surface area contributed by atoms with Crippen molar-refractivity contribution in [1.29, 1.82) is 0 Å². The molecule has 1 aromatic carbocycles. The molecule has 0 aromatic heterocycles. The first-order valence-corrected chi connectivity index (χ1v) is 7.96. The van der Waals surface area contributed by atoms with Crippen molar-refractivity contribution in [3.63, 3.8) is 0 Å². The van der Waals surface area contributed by atoms with Crippen LogP contribution in [0.2, 0.25) is 0 Å². The summed E-state index contributed by atoms with van der Waals surface area (Å²) in [5.41, 5.74) is -0.0921. The average Bonchev–Trinajstić information content (AvgIpc) is 2.95. The van der Waals surface area contributed by atoms with E-state index in [1.165, 1.54) is 0 Å². The molecular weight excluding hydrogens is 290 g/mol. The molecule has 1 aromatic rings. The zero-order valence-electron chi connectivity index (χ0n) is 11.9. The van der Waals surface area contributed by atoms with Crippen LogP contribution in [0.5, 0.6) is 5.75 Å². The molecule has 0 aliphatic carbocycles. The van der Waals surface area contributed by atoms with Crippen LogP contribution in [-0.4, -0.2) is 41.1 Å². The van der Waals surface area contributed by atoms with Crippen LogP contribution in [0.15, 0.2) is 24.3 Å². The molecule has 1 amide bonds. The Hall–Kier alpha value is -1.69. The van der Waals surface area contributed by atoms with Crippen molar-refractivity contribution in [3.8, 4) is 5.75 Å². The zero-order valence-corrected chi connectivity index (χ0v) is 12.7. The van der Waals surface area contributed by atoms with Gasteiger partial charge in [-0.05, 0) is 36.3 Å². The van der Waals surface area contributed by atoms with Crippen molar-refractivity contribution < 1.29 is 19.4 Å². The van der Waals surface area contributed by atoms with Crippen LogP contribution < -0.4 is 10.1 Å². The summed E-state index contributed by atoms with van der Waals surface area (Å²) < 4.78 is 5.14. The number of amides is 1. The zero-order chi connectivity index (χ0) is 15.3. The Morgan fingerprint density at radius 3 is 2.90 bits per heavy atom. The Labute approximate surface area is 128 Å². The molecule has 2 N–H and O–H groups in total. The summed E-state index contributed by atoms with van der Waals surface area (Å²) in [5.74, 6) is 0.794. The van der Waals surface area contributed by atoms with Gasteiger partial charge in [-0.2, -0.15) is 11.8 Å². The van der Waals surface area contributed by atoms with Gasteiger partial charge in [-0.1, -0.05) is 12.1 Å².